The maximum atomic E-state index is 11.4. The third kappa shape index (κ3) is 2.22. The van der Waals surface area contributed by atoms with E-state index < -0.39 is 23.8 Å². The van der Waals surface area contributed by atoms with Crippen molar-refractivity contribution in [1.29, 1.82) is 0 Å². The Kier molecular flexibility index (Phi) is 3.11. The summed E-state index contributed by atoms with van der Waals surface area (Å²) in [6.07, 6.45) is -0.224. The van der Waals surface area contributed by atoms with Gasteiger partial charge in [0.2, 0.25) is 5.79 Å². The van der Waals surface area contributed by atoms with Gasteiger partial charge in [0.25, 0.3) is 0 Å². The van der Waals surface area contributed by atoms with Crippen LogP contribution in [0.1, 0.15) is 27.2 Å². The Labute approximate surface area is 88.2 Å². The molecule has 2 atom stereocenters. The van der Waals surface area contributed by atoms with Crippen LogP contribution in [0, 0.1) is 5.92 Å². The van der Waals surface area contributed by atoms with E-state index in [4.69, 9.17) is 9.47 Å². The number of ether oxygens (including phenoxy) is 2. The molecule has 0 amide bonds. The minimum atomic E-state index is -0.917. The lowest BCUT2D eigenvalue weighted by Gasteiger charge is -2.18. The zero-order chi connectivity index (χ0) is 10.9. The van der Waals surface area contributed by atoms with Crippen LogP contribution in [-0.4, -0.2) is 28.0 Å². The summed E-state index contributed by atoms with van der Waals surface area (Å²) in [5.74, 6) is -1.84. The molecule has 0 radical (unpaired) electrons. The first-order valence-electron chi connectivity index (χ1n) is 4.51. The molecule has 0 aromatic rings. The first kappa shape index (κ1) is 11.4. The van der Waals surface area contributed by atoms with Gasteiger partial charge in [0.05, 0.1) is 5.92 Å². The number of aliphatic hydroxyl groups excluding tert-OH is 1. The molecule has 2 unspecified atom stereocenters. The molecule has 1 fully saturated rings. The van der Waals surface area contributed by atoms with Crippen molar-refractivity contribution < 1.29 is 19.4 Å². The van der Waals surface area contributed by atoms with E-state index in [1.807, 2.05) is 6.92 Å². The second-order valence-electron chi connectivity index (χ2n) is 3.71. The van der Waals surface area contributed by atoms with Gasteiger partial charge in [-0.3, -0.25) is 0 Å². The van der Waals surface area contributed by atoms with E-state index in [2.05, 4.69) is 12.2 Å². The molecular formula is C9H14O4S. The Morgan fingerprint density at radius 3 is 2.57 bits per heavy atom. The summed E-state index contributed by atoms with van der Waals surface area (Å²) >= 11 is 4.65. The Morgan fingerprint density at radius 2 is 2.29 bits per heavy atom. The van der Waals surface area contributed by atoms with Crippen molar-refractivity contribution in [3.8, 4) is 0 Å². The molecule has 0 aromatic heterocycles. The summed E-state index contributed by atoms with van der Waals surface area (Å²) in [5.41, 5.74) is 0. The van der Waals surface area contributed by atoms with Crippen molar-refractivity contribution in [1.82, 2.24) is 0 Å². The minimum absolute atomic E-state index is 0.202. The molecule has 1 aliphatic rings. The zero-order valence-electron chi connectivity index (χ0n) is 8.44. The van der Waals surface area contributed by atoms with Gasteiger partial charge in [-0.2, -0.15) is 0 Å². The van der Waals surface area contributed by atoms with Gasteiger partial charge in [-0.15, -0.1) is 0 Å². The van der Waals surface area contributed by atoms with Crippen molar-refractivity contribution in [2.45, 2.75) is 39.1 Å². The highest BCUT2D eigenvalue weighted by molar-refractivity contribution is 7.80. The van der Waals surface area contributed by atoms with Crippen LogP contribution < -0.4 is 0 Å². The number of hydrogen-bond acceptors (Lipinski definition) is 4. The molecule has 4 nitrogen and oxygen atoms in total. The molecule has 1 heterocycles. The fourth-order valence-electron chi connectivity index (χ4n) is 1.44. The summed E-state index contributed by atoms with van der Waals surface area (Å²) in [4.78, 5) is 11.4. The highest BCUT2D eigenvalue weighted by Gasteiger charge is 2.45. The van der Waals surface area contributed by atoms with Gasteiger partial charge < -0.3 is 14.6 Å². The normalized spacial score (nSPS) is 27.1. The third-order valence-corrected chi connectivity index (χ3v) is 2.41. The number of cyclic esters (lactones) is 1. The van der Waals surface area contributed by atoms with Crippen molar-refractivity contribution in [2.75, 3.05) is 0 Å². The monoisotopic (exact) mass is 218 g/mol. The average Bonchev–Trinajstić information content (AvgIpc) is 2.26. The number of esters is 1. The van der Waals surface area contributed by atoms with E-state index in [9.17, 15) is 9.90 Å². The number of carbonyl (C=O) groups is 1. The van der Waals surface area contributed by atoms with Crippen LogP contribution in [0.2, 0.25) is 0 Å². The Bertz CT molecular complexity index is 262. The van der Waals surface area contributed by atoms with Gasteiger partial charge >= 0.3 is 5.97 Å². The number of thiocarbonyl (C=S) groups is 1. The molecule has 0 bridgehead atoms. The second kappa shape index (κ2) is 3.82. The quantitative estimate of drug-likeness (QED) is 0.575. The lowest BCUT2D eigenvalue weighted by molar-refractivity contribution is -0.161. The van der Waals surface area contributed by atoms with E-state index in [0.717, 1.165) is 0 Å². The molecule has 1 N–H and O–H groups in total. The molecular weight excluding hydrogens is 204 g/mol. The van der Waals surface area contributed by atoms with E-state index >= 15 is 0 Å². The molecule has 14 heavy (non-hydrogen) atoms. The number of carbonyl (C=O) groups excluding carboxylic acids is 1. The van der Waals surface area contributed by atoms with Crippen LogP contribution in [-0.2, 0) is 14.3 Å². The Morgan fingerprint density at radius 1 is 1.71 bits per heavy atom. The van der Waals surface area contributed by atoms with E-state index in [0.29, 0.717) is 6.42 Å². The second-order valence-corrected chi connectivity index (χ2v) is 4.13. The largest absolute Gasteiger partial charge is 0.502 e. The molecule has 5 heteroatoms. The summed E-state index contributed by atoms with van der Waals surface area (Å²) in [5, 5.41) is 9.00. The van der Waals surface area contributed by atoms with Gasteiger partial charge in [-0.1, -0.05) is 6.92 Å². The van der Waals surface area contributed by atoms with Crippen molar-refractivity contribution in [3.63, 3.8) is 0 Å². The van der Waals surface area contributed by atoms with Gasteiger partial charge in [0.15, 0.2) is 11.2 Å². The molecule has 1 aliphatic heterocycles. The predicted octanol–water partition coefficient (Wildman–Crippen LogP) is 1.58. The number of hydrogen-bond donors (Lipinski definition) is 1. The topological polar surface area (TPSA) is 55.8 Å². The zero-order valence-corrected chi connectivity index (χ0v) is 9.26. The van der Waals surface area contributed by atoms with Crippen molar-refractivity contribution in [2.24, 2.45) is 5.92 Å². The maximum absolute atomic E-state index is 11.4. The number of aliphatic hydroxyl groups is 1. The van der Waals surface area contributed by atoms with Gasteiger partial charge in [0.1, 0.15) is 0 Å². The number of rotatable bonds is 3. The van der Waals surface area contributed by atoms with Gasteiger partial charge in [-0.05, 0) is 18.6 Å². The molecule has 0 spiro atoms. The summed E-state index contributed by atoms with van der Waals surface area (Å²) in [6, 6.07) is 0. The summed E-state index contributed by atoms with van der Waals surface area (Å²) in [6.45, 7) is 5.13. The third-order valence-electron chi connectivity index (χ3n) is 2.11. The molecule has 0 saturated carbocycles. The maximum Gasteiger partial charge on any atom is 0.338 e. The van der Waals surface area contributed by atoms with Gasteiger partial charge in [0, 0.05) is 13.8 Å². The van der Waals surface area contributed by atoms with E-state index in [-0.39, 0.29) is 5.05 Å². The Hall–Kier alpha value is -0.680. The van der Waals surface area contributed by atoms with Crippen LogP contribution in [0.3, 0.4) is 0 Å². The van der Waals surface area contributed by atoms with Crippen molar-refractivity contribution >= 4 is 23.2 Å². The highest BCUT2D eigenvalue weighted by atomic mass is 32.1. The van der Waals surface area contributed by atoms with Gasteiger partial charge in [-0.25, -0.2) is 4.79 Å². The first-order chi connectivity index (χ1) is 6.37. The van der Waals surface area contributed by atoms with Crippen LogP contribution in [0.25, 0.3) is 0 Å². The standard InChI is InChI=1S/C9H14O4S/c1-4-5(8(11)14)6-7(10)13-9(2,3)12-6/h5-6H,4H2,1-3H3,(H,11,14). The van der Waals surface area contributed by atoms with Crippen molar-refractivity contribution in [3.05, 3.63) is 0 Å². The Balaban J connectivity index is 2.78. The molecule has 0 aliphatic carbocycles. The van der Waals surface area contributed by atoms with Crippen LogP contribution in [0.4, 0.5) is 0 Å². The molecule has 0 aromatic carbocycles. The lowest BCUT2D eigenvalue weighted by Crippen LogP contribution is -2.32. The summed E-state index contributed by atoms with van der Waals surface area (Å²) in [7, 11) is 0. The van der Waals surface area contributed by atoms with Crippen LogP contribution in [0.5, 0.6) is 0 Å². The van der Waals surface area contributed by atoms with E-state index in [1.54, 1.807) is 13.8 Å². The molecule has 1 saturated heterocycles. The summed E-state index contributed by atoms with van der Waals surface area (Å²) < 4.78 is 10.3. The predicted molar refractivity (Wildman–Crippen MR) is 54.1 cm³/mol. The first-order valence-corrected chi connectivity index (χ1v) is 4.91. The fraction of sp³-hybridized carbons (Fsp3) is 0.778. The lowest BCUT2D eigenvalue weighted by atomic mass is 10.0. The fourth-order valence-corrected chi connectivity index (χ4v) is 1.73. The van der Waals surface area contributed by atoms with E-state index in [1.165, 1.54) is 0 Å². The van der Waals surface area contributed by atoms with Crippen LogP contribution in [0.15, 0.2) is 0 Å². The molecule has 80 valence electrons. The average molecular weight is 218 g/mol. The minimum Gasteiger partial charge on any atom is -0.502 e. The highest BCUT2D eigenvalue weighted by Crippen LogP contribution is 2.29. The smallest absolute Gasteiger partial charge is 0.338 e. The van der Waals surface area contributed by atoms with Crippen LogP contribution >= 0.6 is 12.2 Å². The SMILES string of the molecule is CCC(C(O)=S)C1OC(C)(C)OC1=O. The molecule has 1 rings (SSSR count).